The van der Waals surface area contributed by atoms with Crippen molar-refractivity contribution in [2.24, 2.45) is 0 Å². The molecular weight excluding hydrogens is 238 g/mol. The smallest absolute Gasteiger partial charge is 0.0669 e. The van der Waals surface area contributed by atoms with Gasteiger partial charge in [-0.3, -0.25) is 0 Å². The Labute approximate surface area is 91.1 Å². The summed E-state index contributed by atoms with van der Waals surface area (Å²) in [5, 5.41) is 11.0. The van der Waals surface area contributed by atoms with E-state index in [0.717, 1.165) is 10.0 Å². The summed E-state index contributed by atoms with van der Waals surface area (Å²) in [4.78, 5) is 0. The van der Waals surface area contributed by atoms with Gasteiger partial charge in [0.25, 0.3) is 0 Å². The topological polar surface area (TPSA) is 23.8 Å². The van der Waals surface area contributed by atoms with Crippen molar-refractivity contribution in [2.45, 2.75) is 6.42 Å². The van der Waals surface area contributed by atoms with Crippen LogP contribution in [0.1, 0.15) is 5.56 Å². The molecule has 0 saturated heterocycles. The minimum absolute atomic E-state index is 0.478. The van der Waals surface area contributed by atoms with Crippen LogP contribution in [0.3, 0.4) is 0 Å². The van der Waals surface area contributed by atoms with Crippen LogP contribution in [-0.2, 0) is 6.42 Å². The number of halogens is 1. The van der Waals surface area contributed by atoms with E-state index >= 15 is 0 Å². The normalized spacial score (nSPS) is 10.0. The lowest BCUT2D eigenvalue weighted by Crippen LogP contribution is -1.81. The van der Waals surface area contributed by atoms with Crippen LogP contribution in [-0.4, -0.2) is 0 Å². The van der Waals surface area contributed by atoms with Crippen LogP contribution in [0.4, 0.5) is 0 Å². The van der Waals surface area contributed by atoms with E-state index in [-0.39, 0.29) is 0 Å². The largest absolute Gasteiger partial charge is 0.198 e. The van der Waals surface area contributed by atoms with Crippen LogP contribution < -0.4 is 0 Å². The zero-order valence-electron chi connectivity index (χ0n) is 7.50. The molecule has 0 amide bonds. The minimum Gasteiger partial charge on any atom is -0.198 e. The van der Waals surface area contributed by atoms with E-state index in [2.05, 4.69) is 40.2 Å². The fourth-order valence-corrected chi connectivity index (χ4v) is 1.85. The predicted octanol–water partition coefficient (Wildman–Crippen LogP) is 3.67. The number of hydrogen-bond acceptors (Lipinski definition) is 1. The highest BCUT2D eigenvalue weighted by molar-refractivity contribution is 9.10. The molecular formula is C12H8BrN. The molecule has 68 valence electrons. The van der Waals surface area contributed by atoms with E-state index in [0.29, 0.717) is 6.42 Å². The molecule has 2 aromatic rings. The molecule has 0 saturated carbocycles. The van der Waals surface area contributed by atoms with Crippen LogP contribution in [0.15, 0.2) is 40.9 Å². The number of benzene rings is 2. The fraction of sp³-hybridized carbons (Fsp3) is 0.0833. The first kappa shape index (κ1) is 9.23. The molecule has 0 radical (unpaired) electrons. The van der Waals surface area contributed by atoms with Crippen LogP contribution in [0, 0.1) is 11.3 Å². The maximum absolute atomic E-state index is 8.58. The lowest BCUT2D eigenvalue weighted by molar-refractivity contribution is 1.27. The monoisotopic (exact) mass is 245 g/mol. The Bertz CT molecular complexity index is 511. The number of nitrogens with zero attached hydrogens (tertiary/aromatic N) is 1. The molecule has 14 heavy (non-hydrogen) atoms. The van der Waals surface area contributed by atoms with Crippen molar-refractivity contribution in [3.05, 3.63) is 46.4 Å². The lowest BCUT2D eigenvalue weighted by atomic mass is 10.1. The first-order chi connectivity index (χ1) is 6.79. The molecule has 0 heterocycles. The van der Waals surface area contributed by atoms with Gasteiger partial charge in [-0.1, -0.05) is 40.2 Å². The molecule has 2 heteroatoms. The third-order valence-electron chi connectivity index (χ3n) is 2.15. The molecule has 0 N–H and O–H groups in total. The average molecular weight is 246 g/mol. The molecule has 0 aliphatic rings. The molecule has 0 unspecified atom stereocenters. The maximum Gasteiger partial charge on any atom is 0.0669 e. The van der Waals surface area contributed by atoms with Gasteiger partial charge >= 0.3 is 0 Å². The van der Waals surface area contributed by atoms with Crippen molar-refractivity contribution < 1.29 is 0 Å². The van der Waals surface area contributed by atoms with Gasteiger partial charge in [-0.25, -0.2) is 0 Å². The first-order valence-electron chi connectivity index (χ1n) is 4.35. The van der Waals surface area contributed by atoms with E-state index in [4.69, 9.17) is 5.26 Å². The predicted molar refractivity (Wildman–Crippen MR) is 61.0 cm³/mol. The highest BCUT2D eigenvalue weighted by Crippen LogP contribution is 2.20. The molecule has 0 aliphatic carbocycles. The summed E-state index contributed by atoms with van der Waals surface area (Å²) < 4.78 is 1.08. The third-order valence-corrected chi connectivity index (χ3v) is 2.64. The number of nitriles is 1. The molecule has 0 bridgehead atoms. The van der Waals surface area contributed by atoms with Crippen LogP contribution in [0.25, 0.3) is 10.8 Å². The zero-order chi connectivity index (χ0) is 9.97. The van der Waals surface area contributed by atoms with Crippen LogP contribution >= 0.6 is 15.9 Å². The Morgan fingerprint density at radius 2 is 1.79 bits per heavy atom. The lowest BCUT2D eigenvalue weighted by Gasteiger charge is -2.00. The summed E-state index contributed by atoms with van der Waals surface area (Å²) in [5.41, 5.74) is 1.07. The summed E-state index contributed by atoms with van der Waals surface area (Å²) in [6, 6.07) is 14.4. The quantitative estimate of drug-likeness (QED) is 0.753. The van der Waals surface area contributed by atoms with E-state index in [1.807, 2.05) is 18.2 Å². The molecule has 0 aromatic heterocycles. The van der Waals surface area contributed by atoms with Crippen LogP contribution in [0.2, 0.25) is 0 Å². The van der Waals surface area contributed by atoms with Crippen LogP contribution in [0.5, 0.6) is 0 Å². The van der Waals surface area contributed by atoms with Gasteiger partial charge in [0.05, 0.1) is 12.5 Å². The molecule has 0 aliphatic heterocycles. The Morgan fingerprint density at radius 3 is 2.57 bits per heavy atom. The van der Waals surface area contributed by atoms with Gasteiger partial charge in [0.2, 0.25) is 0 Å². The average Bonchev–Trinajstić information content (AvgIpc) is 2.19. The van der Waals surface area contributed by atoms with Gasteiger partial charge in [0.15, 0.2) is 0 Å². The van der Waals surface area contributed by atoms with Gasteiger partial charge in [-0.05, 0) is 28.5 Å². The minimum atomic E-state index is 0.478. The van der Waals surface area contributed by atoms with Gasteiger partial charge in [0.1, 0.15) is 0 Å². The Morgan fingerprint density at radius 1 is 1.07 bits per heavy atom. The van der Waals surface area contributed by atoms with Gasteiger partial charge in [-0.15, -0.1) is 0 Å². The van der Waals surface area contributed by atoms with Crippen molar-refractivity contribution in [3.63, 3.8) is 0 Å². The Kier molecular flexibility index (Phi) is 2.51. The Hall–Kier alpha value is -1.33. The summed E-state index contributed by atoms with van der Waals surface area (Å²) >= 11 is 3.43. The van der Waals surface area contributed by atoms with E-state index in [1.54, 1.807) is 0 Å². The van der Waals surface area contributed by atoms with E-state index in [9.17, 15) is 0 Å². The molecule has 2 rings (SSSR count). The van der Waals surface area contributed by atoms with Crippen molar-refractivity contribution in [2.75, 3.05) is 0 Å². The molecule has 1 nitrogen and oxygen atoms in total. The second-order valence-corrected chi connectivity index (χ2v) is 4.08. The van der Waals surface area contributed by atoms with E-state index in [1.165, 1.54) is 10.8 Å². The summed E-state index contributed by atoms with van der Waals surface area (Å²) in [7, 11) is 0. The highest BCUT2D eigenvalue weighted by Gasteiger charge is 1.96. The summed E-state index contributed by atoms with van der Waals surface area (Å²) in [5.74, 6) is 0. The molecule has 0 fully saturated rings. The van der Waals surface area contributed by atoms with Gasteiger partial charge in [-0.2, -0.15) is 5.26 Å². The zero-order valence-corrected chi connectivity index (χ0v) is 9.08. The third kappa shape index (κ3) is 1.78. The second kappa shape index (κ2) is 3.81. The van der Waals surface area contributed by atoms with Crippen molar-refractivity contribution in [3.8, 4) is 6.07 Å². The standard InChI is InChI=1S/C12H8BrN/c13-12-4-3-10-7-9(5-6-14)1-2-11(10)8-12/h1-4,7-8H,5H2. The van der Waals surface area contributed by atoms with E-state index < -0.39 is 0 Å². The van der Waals surface area contributed by atoms with Crippen molar-refractivity contribution >= 4 is 26.7 Å². The van der Waals surface area contributed by atoms with Crippen molar-refractivity contribution in [1.82, 2.24) is 0 Å². The Balaban J connectivity index is 2.57. The fourth-order valence-electron chi connectivity index (χ4n) is 1.47. The second-order valence-electron chi connectivity index (χ2n) is 3.16. The highest BCUT2D eigenvalue weighted by atomic mass is 79.9. The molecule has 0 atom stereocenters. The number of hydrogen-bond donors (Lipinski definition) is 0. The molecule has 2 aromatic carbocycles. The van der Waals surface area contributed by atoms with Gasteiger partial charge in [0, 0.05) is 4.47 Å². The molecule has 0 spiro atoms. The maximum atomic E-state index is 8.58. The SMILES string of the molecule is N#CCc1ccc2cc(Br)ccc2c1. The van der Waals surface area contributed by atoms with Gasteiger partial charge < -0.3 is 0 Å². The summed E-state index contributed by atoms with van der Waals surface area (Å²) in [6.07, 6.45) is 0.478. The van der Waals surface area contributed by atoms with Crippen molar-refractivity contribution in [1.29, 1.82) is 5.26 Å². The number of fused-ring (bicyclic) bond motifs is 1. The summed E-state index contributed by atoms with van der Waals surface area (Å²) in [6.45, 7) is 0. The number of rotatable bonds is 1. The first-order valence-corrected chi connectivity index (χ1v) is 5.14.